The maximum Gasteiger partial charge on any atom is 0.251 e. The van der Waals surface area contributed by atoms with E-state index in [1.54, 1.807) is 6.07 Å². The minimum Gasteiger partial charge on any atom is -0.493 e. The van der Waals surface area contributed by atoms with Gasteiger partial charge in [-0.3, -0.25) is 4.79 Å². The Morgan fingerprint density at radius 3 is 2.29 bits per heavy atom. The van der Waals surface area contributed by atoms with Crippen molar-refractivity contribution in [3.63, 3.8) is 0 Å². The molecule has 0 aliphatic carbocycles. The summed E-state index contributed by atoms with van der Waals surface area (Å²) < 4.78 is 11.9. The lowest BCUT2D eigenvalue weighted by atomic mass is 10.1. The number of ether oxygens (including phenoxy) is 2. The monoisotopic (exact) mass is 417 g/mol. The first-order chi connectivity index (χ1) is 14.9. The first-order valence-electron chi connectivity index (χ1n) is 10.7. The molecule has 4 nitrogen and oxygen atoms in total. The maximum absolute atomic E-state index is 12.7. The molecule has 0 saturated carbocycles. The van der Waals surface area contributed by atoms with Gasteiger partial charge < -0.3 is 14.8 Å². The van der Waals surface area contributed by atoms with Crippen LogP contribution in [-0.2, 0) is 13.2 Å². The zero-order valence-corrected chi connectivity index (χ0v) is 19.0. The van der Waals surface area contributed by atoms with Gasteiger partial charge in [0, 0.05) is 17.7 Å². The highest BCUT2D eigenvalue weighted by molar-refractivity contribution is 5.94. The number of rotatable bonds is 8. The molecule has 0 atom stereocenters. The third kappa shape index (κ3) is 5.88. The summed E-state index contributed by atoms with van der Waals surface area (Å²) in [6.07, 6.45) is 0. The molecule has 0 heterocycles. The van der Waals surface area contributed by atoms with Crippen molar-refractivity contribution in [2.24, 2.45) is 0 Å². The molecule has 3 aromatic carbocycles. The second kappa shape index (κ2) is 10.2. The lowest BCUT2D eigenvalue weighted by Gasteiger charge is -2.16. The van der Waals surface area contributed by atoms with Crippen LogP contribution in [0.1, 0.15) is 50.7 Å². The van der Waals surface area contributed by atoms with Gasteiger partial charge in [0.15, 0.2) is 0 Å². The Bertz CT molecular complexity index is 1050. The van der Waals surface area contributed by atoms with Crippen molar-refractivity contribution in [3.05, 3.63) is 93.5 Å². The molecule has 3 aromatic rings. The molecule has 0 spiro atoms. The number of carbonyl (C=O) groups excluding carboxylic acids is 1. The van der Waals surface area contributed by atoms with Gasteiger partial charge in [-0.05, 0) is 81.1 Å². The van der Waals surface area contributed by atoms with Gasteiger partial charge in [0.05, 0.1) is 6.61 Å². The summed E-state index contributed by atoms with van der Waals surface area (Å²) >= 11 is 0. The maximum atomic E-state index is 12.7. The number of hydrogen-bond donors (Lipinski definition) is 1. The van der Waals surface area contributed by atoms with Crippen molar-refractivity contribution in [3.8, 4) is 11.5 Å². The van der Waals surface area contributed by atoms with Gasteiger partial charge in [0.1, 0.15) is 18.1 Å². The van der Waals surface area contributed by atoms with E-state index in [4.69, 9.17) is 9.47 Å². The lowest BCUT2D eigenvalue weighted by Crippen LogP contribution is -2.23. The quantitative estimate of drug-likeness (QED) is 0.502. The van der Waals surface area contributed by atoms with Gasteiger partial charge in [-0.1, -0.05) is 35.9 Å². The summed E-state index contributed by atoms with van der Waals surface area (Å²) in [5.74, 6) is 1.47. The Morgan fingerprint density at radius 2 is 1.58 bits per heavy atom. The number of hydrogen-bond acceptors (Lipinski definition) is 3. The van der Waals surface area contributed by atoms with Crippen LogP contribution >= 0.6 is 0 Å². The summed E-state index contributed by atoms with van der Waals surface area (Å²) in [7, 11) is 0. The summed E-state index contributed by atoms with van der Waals surface area (Å²) in [5.41, 5.74) is 7.19. The van der Waals surface area contributed by atoms with Crippen molar-refractivity contribution in [2.45, 2.75) is 47.8 Å². The molecule has 31 heavy (non-hydrogen) atoms. The molecule has 162 valence electrons. The molecule has 4 heteroatoms. The number of nitrogens with one attached hydrogen (secondary N) is 1. The molecule has 0 radical (unpaired) electrons. The Hall–Kier alpha value is -3.27. The van der Waals surface area contributed by atoms with Gasteiger partial charge in [-0.25, -0.2) is 0 Å². The van der Waals surface area contributed by atoms with Crippen LogP contribution in [0.5, 0.6) is 11.5 Å². The van der Waals surface area contributed by atoms with Crippen LogP contribution in [0, 0.1) is 27.7 Å². The van der Waals surface area contributed by atoms with Crippen LogP contribution in [-0.4, -0.2) is 12.5 Å². The molecule has 3 rings (SSSR count). The smallest absolute Gasteiger partial charge is 0.251 e. The van der Waals surface area contributed by atoms with E-state index in [-0.39, 0.29) is 5.91 Å². The number of amides is 1. The summed E-state index contributed by atoms with van der Waals surface area (Å²) in [5, 5.41) is 2.99. The minimum absolute atomic E-state index is 0.118. The van der Waals surface area contributed by atoms with Crippen LogP contribution < -0.4 is 14.8 Å². The summed E-state index contributed by atoms with van der Waals surface area (Å²) in [4.78, 5) is 12.7. The lowest BCUT2D eigenvalue weighted by molar-refractivity contribution is 0.0950. The van der Waals surface area contributed by atoms with E-state index in [1.807, 2.05) is 56.3 Å². The zero-order valence-electron chi connectivity index (χ0n) is 19.0. The van der Waals surface area contributed by atoms with Crippen molar-refractivity contribution < 1.29 is 14.3 Å². The zero-order chi connectivity index (χ0) is 22.4. The Balaban J connectivity index is 1.75. The topological polar surface area (TPSA) is 47.6 Å². The molecule has 0 unspecified atom stereocenters. The number of carbonyl (C=O) groups is 1. The van der Waals surface area contributed by atoms with Crippen LogP contribution in [0.4, 0.5) is 0 Å². The van der Waals surface area contributed by atoms with Crippen LogP contribution in [0.15, 0.2) is 54.6 Å². The van der Waals surface area contributed by atoms with Crippen molar-refractivity contribution in [1.29, 1.82) is 0 Å². The van der Waals surface area contributed by atoms with E-state index in [1.165, 1.54) is 11.1 Å². The average molecular weight is 418 g/mol. The molecule has 0 fully saturated rings. The second-order valence-electron chi connectivity index (χ2n) is 7.92. The third-order valence-electron chi connectivity index (χ3n) is 5.34. The molecule has 1 amide bonds. The molecule has 0 saturated heterocycles. The highest BCUT2D eigenvalue weighted by atomic mass is 16.5. The second-order valence-corrected chi connectivity index (χ2v) is 7.92. The van der Waals surface area contributed by atoms with Gasteiger partial charge in [0.2, 0.25) is 0 Å². The third-order valence-corrected chi connectivity index (χ3v) is 5.34. The predicted octanol–water partition coefficient (Wildman–Crippen LogP) is 5.83. The number of aryl methyl sites for hydroxylation is 3. The van der Waals surface area contributed by atoms with Gasteiger partial charge in [-0.15, -0.1) is 0 Å². The summed E-state index contributed by atoms with van der Waals surface area (Å²) in [6.45, 7) is 11.6. The first-order valence-corrected chi connectivity index (χ1v) is 10.7. The van der Waals surface area contributed by atoms with E-state index in [0.717, 1.165) is 33.8 Å². The molecule has 1 N–H and O–H groups in total. The van der Waals surface area contributed by atoms with Gasteiger partial charge in [0.25, 0.3) is 5.91 Å². The molecule has 0 aromatic heterocycles. The van der Waals surface area contributed by atoms with Crippen LogP contribution in [0.2, 0.25) is 0 Å². The summed E-state index contributed by atoms with van der Waals surface area (Å²) in [6, 6.07) is 17.8. The van der Waals surface area contributed by atoms with Crippen molar-refractivity contribution in [2.75, 3.05) is 6.61 Å². The minimum atomic E-state index is -0.118. The Morgan fingerprint density at radius 1 is 0.839 bits per heavy atom. The molecular weight excluding hydrogens is 386 g/mol. The fraction of sp³-hybridized carbons (Fsp3) is 0.296. The predicted molar refractivity (Wildman–Crippen MR) is 125 cm³/mol. The first kappa shape index (κ1) is 22.4. The average Bonchev–Trinajstić information content (AvgIpc) is 2.75. The van der Waals surface area contributed by atoms with E-state index < -0.39 is 0 Å². The van der Waals surface area contributed by atoms with E-state index in [0.29, 0.717) is 25.3 Å². The van der Waals surface area contributed by atoms with Gasteiger partial charge >= 0.3 is 0 Å². The number of benzene rings is 3. The van der Waals surface area contributed by atoms with E-state index >= 15 is 0 Å². The highest BCUT2D eigenvalue weighted by Crippen LogP contribution is 2.27. The van der Waals surface area contributed by atoms with Crippen molar-refractivity contribution in [1.82, 2.24) is 5.32 Å². The molecule has 0 aliphatic rings. The largest absolute Gasteiger partial charge is 0.493 e. The molecule has 0 bridgehead atoms. The highest BCUT2D eigenvalue weighted by Gasteiger charge is 2.13. The van der Waals surface area contributed by atoms with E-state index in [2.05, 4.69) is 32.2 Å². The van der Waals surface area contributed by atoms with Crippen LogP contribution in [0.25, 0.3) is 0 Å². The molecule has 0 aliphatic heterocycles. The SMILES string of the molecule is CCOc1ccc(C(=O)NCc2ccc(C)cc2)cc1COc1cc(C)cc(C)c1C. The standard InChI is InChI=1S/C27H31NO3/c1-6-30-25-12-11-23(27(29)28-16-22-9-7-18(2)8-10-22)15-24(25)17-31-26-14-19(3)13-20(4)21(26)5/h7-15H,6,16-17H2,1-5H3,(H,28,29). The Labute approximate surface area is 185 Å². The fourth-order valence-electron chi connectivity index (χ4n) is 3.43. The van der Waals surface area contributed by atoms with Gasteiger partial charge in [-0.2, -0.15) is 0 Å². The van der Waals surface area contributed by atoms with Crippen molar-refractivity contribution >= 4 is 5.91 Å². The Kier molecular flexibility index (Phi) is 7.35. The van der Waals surface area contributed by atoms with E-state index in [9.17, 15) is 4.79 Å². The fourth-order valence-corrected chi connectivity index (χ4v) is 3.43. The van der Waals surface area contributed by atoms with Crippen LogP contribution in [0.3, 0.4) is 0 Å². The normalized spacial score (nSPS) is 10.6. The molecular formula is C27H31NO3.